The lowest BCUT2D eigenvalue weighted by atomic mass is 9.91. The van der Waals surface area contributed by atoms with Gasteiger partial charge in [0.05, 0.1) is 12.1 Å². The molecule has 20 heavy (non-hydrogen) atoms. The van der Waals surface area contributed by atoms with Crippen LogP contribution in [-0.2, 0) is 10.3 Å². The van der Waals surface area contributed by atoms with E-state index in [9.17, 15) is 23.1 Å². The number of alkyl halides is 3. The Hall–Kier alpha value is -1.60. The number of hydrogen-bond acceptors (Lipinski definition) is 3. The molecule has 0 aliphatic heterocycles. The fourth-order valence-corrected chi connectivity index (χ4v) is 1.52. The summed E-state index contributed by atoms with van der Waals surface area (Å²) in [7, 11) is 0. The standard InChI is InChI=1S/C13H17F3N2O2/c1-11(8-19,9-6-4-3-5-7-9)18-10(20)12(2,17)13(14,15)16/h3-7,19H,8,17H2,1-2H3,(H,18,20). The topological polar surface area (TPSA) is 75.3 Å². The third-order valence-corrected chi connectivity index (χ3v) is 3.18. The number of hydrogen-bond donors (Lipinski definition) is 3. The van der Waals surface area contributed by atoms with Crippen molar-refractivity contribution >= 4 is 5.91 Å². The summed E-state index contributed by atoms with van der Waals surface area (Å²) in [5, 5.41) is 11.6. The summed E-state index contributed by atoms with van der Waals surface area (Å²) in [6.07, 6.45) is -4.88. The summed E-state index contributed by atoms with van der Waals surface area (Å²) >= 11 is 0. The average molecular weight is 290 g/mol. The molecular weight excluding hydrogens is 273 g/mol. The summed E-state index contributed by atoms with van der Waals surface area (Å²) in [5.74, 6) is -1.40. The highest BCUT2D eigenvalue weighted by Gasteiger charge is 2.55. The molecule has 0 aromatic heterocycles. The first-order chi connectivity index (χ1) is 9.04. The van der Waals surface area contributed by atoms with Gasteiger partial charge in [-0.1, -0.05) is 30.3 Å². The van der Waals surface area contributed by atoms with Crippen molar-refractivity contribution < 1.29 is 23.1 Å². The van der Waals surface area contributed by atoms with Crippen LogP contribution in [0.15, 0.2) is 30.3 Å². The zero-order chi connectivity index (χ0) is 15.6. The summed E-state index contributed by atoms with van der Waals surface area (Å²) in [5.41, 5.74) is 1.17. The molecule has 2 unspecified atom stereocenters. The van der Waals surface area contributed by atoms with Gasteiger partial charge in [0.15, 0.2) is 5.54 Å². The van der Waals surface area contributed by atoms with Gasteiger partial charge in [0.25, 0.3) is 0 Å². The third-order valence-electron chi connectivity index (χ3n) is 3.18. The van der Waals surface area contributed by atoms with Crippen LogP contribution in [-0.4, -0.2) is 29.3 Å². The van der Waals surface area contributed by atoms with E-state index in [1.54, 1.807) is 30.3 Å². The van der Waals surface area contributed by atoms with Crippen LogP contribution in [0.5, 0.6) is 0 Å². The van der Waals surface area contributed by atoms with Gasteiger partial charge in [-0.05, 0) is 19.4 Å². The number of nitrogens with two attached hydrogens (primary N) is 1. The van der Waals surface area contributed by atoms with Gasteiger partial charge in [-0.25, -0.2) is 0 Å². The van der Waals surface area contributed by atoms with Crippen molar-refractivity contribution in [3.05, 3.63) is 35.9 Å². The van der Waals surface area contributed by atoms with Crippen molar-refractivity contribution in [1.29, 1.82) is 0 Å². The van der Waals surface area contributed by atoms with Crippen LogP contribution in [0, 0.1) is 0 Å². The van der Waals surface area contributed by atoms with Crippen LogP contribution >= 0.6 is 0 Å². The Labute approximate surface area is 114 Å². The van der Waals surface area contributed by atoms with Gasteiger partial charge in [-0.15, -0.1) is 0 Å². The Morgan fingerprint density at radius 1 is 1.25 bits per heavy atom. The highest BCUT2D eigenvalue weighted by Crippen LogP contribution is 2.29. The van der Waals surface area contributed by atoms with E-state index < -0.39 is 29.8 Å². The molecule has 0 aliphatic rings. The van der Waals surface area contributed by atoms with Crippen molar-refractivity contribution in [2.45, 2.75) is 31.1 Å². The van der Waals surface area contributed by atoms with Gasteiger partial charge in [0, 0.05) is 0 Å². The molecule has 0 bridgehead atoms. The number of carbonyl (C=O) groups is 1. The highest BCUT2D eigenvalue weighted by molar-refractivity contribution is 5.87. The molecule has 112 valence electrons. The molecule has 0 aliphatic carbocycles. The van der Waals surface area contributed by atoms with Crippen LogP contribution in [0.3, 0.4) is 0 Å². The molecule has 0 spiro atoms. The third kappa shape index (κ3) is 3.10. The Morgan fingerprint density at radius 2 is 1.75 bits per heavy atom. The monoisotopic (exact) mass is 290 g/mol. The molecule has 4 N–H and O–H groups in total. The van der Waals surface area contributed by atoms with Gasteiger partial charge in [-0.3, -0.25) is 4.79 Å². The molecule has 1 rings (SSSR count). The fourth-order valence-electron chi connectivity index (χ4n) is 1.52. The zero-order valence-corrected chi connectivity index (χ0v) is 11.2. The van der Waals surface area contributed by atoms with E-state index in [0.29, 0.717) is 12.5 Å². The minimum absolute atomic E-state index is 0.480. The number of amides is 1. The molecule has 0 saturated heterocycles. The SMILES string of the molecule is CC(CO)(NC(=O)C(C)(N)C(F)(F)F)c1ccccc1. The highest BCUT2D eigenvalue weighted by atomic mass is 19.4. The number of aliphatic hydroxyl groups is 1. The summed E-state index contributed by atoms with van der Waals surface area (Å²) in [6, 6.07) is 8.21. The Morgan fingerprint density at radius 3 is 2.15 bits per heavy atom. The molecule has 7 heteroatoms. The number of rotatable bonds is 4. The summed E-state index contributed by atoms with van der Waals surface area (Å²) in [4.78, 5) is 11.8. The molecule has 1 amide bonds. The largest absolute Gasteiger partial charge is 0.415 e. The van der Waals surface area contributed by atoms with Crippen molar-refractivity contribution in [2.75, 3.05) is 6.61 Å². The van der Waals surface area contributed by atoms with Crippen molar-refractivity contribution in [3.63, 3.8) is 0 Å². The van der Waals surface area contributed by atoms with Crippen LogP contribution in [0.1, 0.15) is 19.4 Å². The van der Waals surface area contributed by atoms with Gasteiger partial charge in [-0.2, -0.15) is 13.2 Å². The van der Waals surface area contributed by atoms with E-state index in [-0.39, 0.29) is 0 Å². The molecule has 0 heterocycles. The van der Waals surface area contributed by atoms with E-state index in [4.69, 9.17) is 5.73 Å². The number of benzene rings is 1. The maximum absolute atomic E-state index is 12.7. The Kier molecular flexibility index (Phi) is 4.45. The minimum Gasteiger partial charge on any atom is -0.394 e. The van der Waals surface area contributed by atoms with Gasteiger partial charge < -0.3 is 16.2 Å². The summed E-state index contributed by atoms with van der Waals surface area (Å²) < 4.78 is 38.2. The molecule has 4 nitrogen and oxygen atoms in total. The number of nitrogens with one attached hydrogen (secondary N) is 1. The van der Waals surface area contributed by atoms with Gasteiger partial charge in [0.2, 0.25) is 5.91 Å². The van der Waals surface area contributed by atoms with Crippen LogP contribution < -0.4 is 11.1 Å². The lowest BCUT2D eigenvalue weighted by Gasteiger charge is -2.34. The smallest absolute Gasteiger partial charge is 0.394 e. The van der Waals surface area contributed by atoms with E-state index in [1.807, 2.05) is 0 Å². The Balaban J connectivity index is 3.03. The fraction of sp³-hybridized carbons (Fsp3) is 0.462. The quantitative estimate of drug-likeness (QED) is 0.782. The van der Waals surface area contributed by atoms with Gasteiger partial charge >= 0.3 is 6.18 Å². The number of halogens is 3. The van der Waals surface area contributed by atoms with Crippen molar-refractivity contribution in [2.24, 2.45) is 5.73 Å². The second-order valence-electron chi connectivity index (χ2n) is 5.01. The Bertz CT molecular complexity index is 474. The normalized spacial score (nSPS) is 17.9. The lowest BCUT2D eigenvalue weighted by Crippen LogP contribution is -2.64. The van der Waals surface area contributed by atoms with Gasteiger partial charge in [0.1, 0.15) is 0 Å². The first kappa shape index (κ1) is 16.5. The molecule has 1 aromatic rings. The molecule has 0 saturated carbocycles. The van der Waals surface area contributed by atoms with E-state index >= 15 is 0 Å². The first-order valence-corrected chi connectivity index (χ1v) is 5.89. The van der Waals surface area contributed by atoms with Crippen LogP contribution in [0.2, 0.25) is 0 Å². The average Bonchev–Trinajstić information content (AvgIpc) is 2.38. The lowest BCUT2D eigenvalue weighted by molar-refractivity contribution is -0.188. The molecule has 0 fully saturated rings. The van der Waals surface area contributed by atoms with E-state index in [0.717, 1.165) is 0 Å². The molecule has 1 aromatic carbocycles. The maximum Gasteiger partial charge on any atom is 0.415 e. The van der Waals surface area contributed by atoms with Crippen molar-refractivity contribution in [1.82, 2.24) is 5.32 Å². The van der Waals surface area contributed by atoms with Crippen molar-refractivity contribution in [3.8, 4) is 0 Å². The number of carbonyl (C=O) groups excluding carboxylic acids is 1. The number of aliphatic hydroxyl groups excluding tert-OH is 1. The molecule has 0 radical (unpaired) electrons. The minimum atomic E-state index is -4.88. The molecule has 2 atom stereocenters. The van der Waals surface area contributed by atoms with E-state index in [2.05, 4.69) is 5.32 Å². The van der Waals surface area contributed by atoms with Crippen LogP contribution in [0.25, 0.3) is 0 Å². The predicted octanol–water partition coefficient (Wildman–Crippen LogP) is 1.29. The second kappa shape index (κ2) is 5.41. The summed E-state index contributed by atoms with van der Waals surface area (Å²) in [6.45, 7) is 1.45. The first-order valence-electron chi connectivity index (χ1n) is 5.89. The van der Waals surface area contributed by atoms with E-state index in [1.165, 1.54) is 6.92 Å². The van der Waals surface area contributed by atoms with Crippen LogP contribution in [0.4, 0.5) is 13.2 Å². The second-order valence-corrected chi connectivity index (χ2v) is 5.01. The predicted molar refractivity (Wildman–Crippen MR) is 67.7 cm³/mol. The maximum atomic E-state index is 12.7. The molecular formula is C13H17F3N2O2. The zero-order valence-electron chi connectivity index (χ0n) is 11.2.